The molecule has 0 unspecified atom stereocenters. The summed E-state index contributed by atoms with van der Waals surface area (Å²) in [6.45, 7) is 0. The lowest BCUT2D eigenvalue weighted by atomic mass is 10.00. The minimum atomic E-state index is 0.685. The molecular weight excluding hydrogens is 222 g/mol. The maximum atomic E-state index is 4.86. The molecule has 1 aliphatic carbocycles. The molecule has 1 aromatic carbocycles. The lowest BCUT2D eigenvalue weighted by molar-refractivity contribution is 0.214. The Hall–Kier alpha value is -2.01. The molecule has 0 fully saturated rings. The van der Waals surface area contributed by atoms with Gasteiger partial charge in [0.05, 0.1) is 0 Å². The molecule has 2 heteroatoms. The Morgan fingerprint density at radius 2 is 2.06 bits per heavy atom. The summed E-state index contributed by atoms with van der Waals surface area (Å²) in [5, 5.41) is 3.99. The van der Waals surface area contributed by atoms with Gasteiger partial charge in [0.25, 0.3) is 0 Å². The van der Waals surface area contributed by atoms with Crippen LogP contribution in [0.2, 0.25) is 0 Å². The van der Waals surface area contributed by atoms with Crippen molar-refractivity contribution >= 4 is 5.71 Å². The van der Waals surface area contributed by atoms with E-state index in [2.05, 4.69) is 23.1 Å². The van der Waals surface area contributed by atoms with Crippen LogP contribution < -0.4 is 0 Å². The van der Waals surface area contributed by atoms with Crippen molar-refractivity contribution < 1.29 is 4.84 Å². The molecule has 0 spiro atoms. The predicted octanol–water partition coefficient (Wildman–Crippen LogP) is 3.54. The number of hydrogen-bond donors (Lipinski definition) is 0. The maximum Gasteiger partial charge on any atom is 0.160 e. The normalized spacial score (nSPS) is 15.4. The molecule has 1 aliphatic rings. The van der Waals surface area contributed by atoms with Crippen LogP contribution in [0, 0.1) is 11.8 Å². The van der Waals surface area contributed by atoms with Crippen molar-refractivity contribution in [3.05, 3.63) is 47.5 Å². The minimum Gasteiger partial charge on any atom is -0.398 e. The van der Waals surface area contributed by atoms with Crippen LogP contribution in [0.1, 0.15) is 31.2 Å². The van der Waals surface area contributed by atoms with Crippen molar-refractivity contribution in [2.75, 3.05) is 7.11 Å². The van der Waals surface area contributed by atoms with Gasteiger partial charge in [-0.25, -0.2) is 0 Å². The first-order valence-corrected chi connectivity index (χ1v) is 6.28. The number of oxime groups is 1. The number of nitrogens with zero attached hydrogens (tertiary/aromatic N) is 1. The Labute approximate surface area is 108 Å². The standard InChI is InChI=1S/C16H17NO/c1-18-17-16(15-10-6-3-7-11-15)13-12-14-8-4-2-5-9-14/h3,6-8,10-11H,2,4-5,9H2,1H3/b17-16-. The molecule has 0 atom stereocenters. The van der Waals surface area contributed by atoms with Gasteiger partial charge in [0.2, 0.25) is 0 Å². The zero-order chi connectivity index (χ0) is 12.6. The van der Waals surface area contributed by atoms with Crippen LogP contribution >= 0.6 is 0 Å². The quantitative estimate of drug-likeness (QED) is 0.439. The molecule has 0 heterocycles. The highest BCUT2D eigenvalue weighted by molar-refractivity contribution is 6.12. The molecule has 0 bridgehead atoms. The van der Waals surface area contributed by atoms with Gasteiger partial charge in [-0.2, -0.15) is 0 Å². The van der Waals surface area contributed by atoms with Crippen molar-refractivity contribution in [2.24, 2.45) is 5.16 Å². The van der Waals surface area contributed by atoms with Gasteiger partial charge >= 0.3 is 0 Å². The van der Waals surface area contributed by atoms with Crippen LogP contribution in [0.15, 0.2) is 47.1 Å². The summed E-state index contributed by atoms with van der Waals surface area (Å²) in [7, 11) is 1.55. The molecular formula is C16H17NO. The lowest BCUT2D eigenvalue weighted by Crippen LogP contribution is -1.98. The van der Waals surface area contributed by atoms with Gasteiger partial charge in [-0.1, -0.05) is 47.5 Å². The summed E-state index contributed by atoms with van der Waals surface area (Å²) < 4.78 is 0. The molecule has 2 nitrogen and oxygen atoms in total. The smallest absolute Gasteiger partial charge is 0.160 e. The number of allylic oxidation sites excluding steroid dienone is 2. The van der Waals surface area contributed by atoms with Crippen LogP contribution in [0.4, 0.5) is 0 Å². The monoisotopic (exact) mass is 239 g/mol. The van der Waals surface area contributed by atoms with Crippen molar-refractivity contribution in [3.8, 4) is 11.8 Å². The fourth-order valence-corrected chi connectivity index (χ4v) is 1.93. The summed E-state index contributed by atoms with van der Waals surface area (Å²) in [4.78, 5) is 4.86. The maximum absolute atomic E-state index is 4.86. The second kappa shape index (κ2) is 6.66. The van der Waals surface area contributed by atoms with Gasteiger partial charge in [-0.3, -0.25) is 0 Å². The molecule has 0 N–H and O–H groups in total. The van der Waals surface area contributed by atoms with Crippen LogP contribution in [0.3, 0.4) is 0 Å². The van der Waals surface area contributed by atoms with E-state index >= 15 is 0 Å². The second-order valence-corrected chi connectivity index (χ2v) is 4.21. The van der Waals surface area contributed by atoms with Crippen molar-refractivity contribution in [1.82, 2.24) is 0 Å². The molecule has 0 saturated carbocycles. The Bertz CT molecular complexity index is 503. The van der Waals surface area contributed by atoms with Crippen LogP contribution in [0.25, 0.3) is 0 Å². The molecule has 1 aromatic rings. The summed E-state index contributed by atoms with van der Waals surface area (Å²) in [5.74, 6) is 6.32. The molecule has 2 rings (SSSR count). The zero-order valence-electron chi connectivity index (χ0n) is 10.6. The highest BCUT2D eigenvalue weighted by Gasteiger charge is 2.02. The second-order valence-electron chi connectivity index (χ2n) is 4.21. The van der Waals surface area contributed by atoms with Crippen molar-refractivity contribution in [1.29, 1.82) is 0 Å². The average molecular weight is 239 g/mol. The van der Waals surface area contributed by atoms with E-state index in [0.29, 0.717) is 5.71 Å². The van der Waals surface area contributed by atoms with E-state index in [1.54, 1.807) is 7.11 Å². The van der Waals surface area contributed by atoms with E-state index in [9.17, 15) is 0 Å². The fourth-order valence-electron chi connectivity index (χ4n) is 1.93. The van der Waals surface area contributed by atoms with E-state index < -0.39 is 0 Å². The lowest BCUT2D eigenvalue weighted by Gasteiger charge is -2.05. The topological polar surface area (TPSA) is 21.6 Å². The predicted molar refractivity (Wildman–Crippen MR) is 74.3 cm³/mol. The SMILES string of the molecule is CO/N=C(/C#CC1=CCCCC1)c1ccccc1. The molecule has 92 valence electrons. The van der Waals surface area contributed by atoms with Gasteiger partial charge < -0.3 is 4.84 Å². The van der Waals surface area contributed by atoms with E-state index in [4.69, 9.17) is 4.84 Å². The first-order chi connectivity index (χ1) is 8.90. The molecule has 0 aromatic heterocycles. The number of benzene rings is 1. The van der Waals surface area contributed by atoms with Gasteiger partial charge in [0.1, 0.15) is 7.11 Å². The van der Waals surface area contributed by atoms with E-state index in [1.165, 1.54) is 18.4 Å². The summed E-state index contributed by atoms with van der Waals surface area (Å²) in [5.41, 5.74) is 2.90. The van der Waals surface area contributed by atoms with E-state index in [0.717, 1.165) is 18.4 Å². The summed E-state index contributed by atoms with van der Waals surface area (Å²) in [6.07, 6.45) is 6.98. The first kappa shape index (κ1) is 12.4. The number of rotatable bonds is 2. The van der Waals surface area contributed by atoms with E-state index in [1.807, 2.05) is 30.3 Å². The third kappa shape index (κ3) is 3.49. The molecule has 0 radical (unpaired) electrons. The van der Waals surface area contributed by atoms with E-state index in [-0.39, 0.29) is 0 Å². The van der Waals surface area contributed by atoms with Crippen molar-refractivity contribution in [2.45, 2.75) is 25.7 Å². The molecule has 18 heavy (non-hydrogen) atoms. The Kier molecular flexibility index (Phi) is 4.60. The van der Waals surface area contributed by atoms with Crippen LogP contribution in [-0.4, -0.2) is 12.8 Å². The Morgan fingerprint density at radius 1 is 1.22 bits per heavy atom. The minimum absolute atomic E-state index is 0.685. The molecule has 0 amide bonds. The van der Waals surface area contributed by atoms with Crippen LogP contribution in [0.5, 0.6) is 0 Å². The average Bonchev–Trinajstić information content (AvgIpc) is 2.45. The van der Waals surface area contributed by atoms with Gasteiger partial charge in [0.15, 0.2) is 5.71 Å². The number of hydrogen-bond acceptors (Lipinski definition) is 2. The third-order valence-corrected chi connectivity index (χ3v) is 2.86. The fraction of sp³-hybridized carbons (Fsp3) is 0.312. The van der Waals surface area contributed by atoms with Gasteiger partial charge in [-0.15, -0.1) is 0 Å². The van der Waals surface area contributed by atoms with Gasteiger partial charge in [-0.05, 0) is 37.2 Å². The summed E-state index contributed by atoms with van der Waals surface area (Å²) in [6, 6.07) is 9.90. The van der Waals surface area contributed by atoms with Gasteiger partial charge in [0, 0.05) is 5.56 Å². The van der Waals surface area contributed by atoms with Crippen molar-refractivity contribution in [3.63, 3.8) is 0 Å². The summed E-state index contributed by atoms with van der Waals surface area (Å²) >= 11 is 0. The molecule has 0 aliphatic heterocycles. The third-order valence-electron chi connectivity index (χ3n) is 2.86. The Morgan fingerprint density at radius 3 is 2.72 bits per heavy atom. The molecule has 0 saturated heterocycles. The largest absolute Gasteiger partial charge is 0.398 e. The first-order valence-electron chi connectivity index (χ1n) is 6.28. The highest BCUT2D eigenvalue weighted by Crippen LogP contribution is 2.16. The Balaban J connectivity index is 2.20. The zero-order valence-corrected chi connectivity index (χ0v) is 10.6. The highest BCUT2D eigenvalue weighted by atomic mass is 16.6. The van der Waals surface area contributed by atoms with Crippen LogP contribution in [-0.2, 0) is 4.84 Å².